The third-order valence-electron chi connectivity index (χ3n) is 2.18. The second-order valence-corrected chi connectivity index (χ2v) is 3.41. The Bertz CT molecular complexity index is 407. The maximum Gasteiger partial charge on any atom is 0.183 e. The maximum atomic E-state index is 11.1. The lowest BCUT2D eigenvalue weighted by Gasteiger charge is -2.05. The number of phenols is 1. The molecule has 4 nitrogen and oxygen atoms in total. The van der Waals surface area contributed by atoms with Crippen LogP contribution in [0.2, 0.25) is 0 Å². The van der Waals surface area contributed by atoms with Gasteiger partial charge in [0.15, 0.2) is 5.78 Å². The number of aliphatic hydroxyl groups excluding tert-OH is 2. The zero-order valence-electron chi connectivity index (χ0n) is 8.92. The highest BCUT2D eigenvalue weighted by Crippen LogP contribution is 2.21. The van der Waals surface area contributed by atoms with E-state index in [4.69, 9.17) is 10.2 Å². The van der Waals surface area contributed by atoms with Gasteiger partial charge in [0, 0.05) is 5.56 Å². The Morgan fingerprint density at radius 2 is 2.19 bits per heavy atom. The van der Waals surface area contributed by atoms with Crippen molar-refractivity contribution in [2.24, 2.45) is 0 Å². The van der Waals surface area contributed by atoms with Crippen LogP contribution in [0.3, 0.4) is 0 Å². The maximum absolute atomic E-state index is 11.1. The van der Waals surface area contributed by atoms with Gasteiger partial charge in [-0.15, -0.1) is 0 Å². The van der Waals surface area contributed by atoms with E-state index in [9.17, 15) is 9.90 Å². The number of benzene rings is 1. The van der Waals surface area contributed by atoms with E-state index in [0.717, 1.165) is 0 Å². The molecule has 1 aromatic rings. The molecule has 0 aliphatic carbocycles. The van der Waals surface area contributed by atoms with Crippen LogP contribution in [0.1, 0.15) is 18.1 Å². The van der Waals surface area contributed by atoms with Gasteiger partial charge in [0.05, 0.1) is 6.61 Å². The van der Waals surface area contributed by atoms with Gasteiger partial charge >= 0.3 is 0 Å². The molecule has 3 N–H and O–H groups in total. The standard InChI is InChI=1S/C12H14O4/c1-8(14)11(15)6-5-9-3-2-4-12(16)10(9)7-13/h2-6,8,13-14,16H,7H2,1H3/t8-/m1/s1. The summed E-state index contributed by atoms with van der Waals surface area (Å²) in [6.07, 6.45) is 1.63. The van der Waals surface area contributed by atoms with Crippen molar-refractivity contribution >= 4 is 11.9 Å². The van der Waals surface area contributed by atoms with Crippen LogP contribution in [0, 0.1) is 0 Å². The van der Waals surface area contributed by atoms with E-state index in [2.05, 4.69) is 0 Å². The highest BCUT2D eigenvalue weighted by Gasteiger charge is 2.06. The average molecular weight is 222 g/mol. The molecular formula is C12H14O4. The van der Waals surface area contributed by atoms with E-state index in [-0.39, 0.29) is 12.4 Å². The molecule has 1 aromatic carbocycles. The van der Waals surface area contributed by atoms with Gasteiger partial charge in [-0.25, -0.2) is 0 Å². The summed E-state index contributed by atoms with van der Waals surface area (Å²) in [6.45, 7) is 1.07. The fourth-order valence-corrected chi connectivity index (χ4v) is 1.23. The van der Waals surface area contributed by atoms with E-state index in [1.165, 1.54) is 25.1 Å². The number of hydrogen-bond donors (Lipinski definition) is 3. The molecular weight excluding hydrogens is 208 g/mol. The quantitative estimate of drug-likeness (QED) is 0.660. The summed E-state index contributed by atoms with van der Waals surface area (Å²) in [4.78, 5) is 11.1. The van der Waals surface area contributed by atoms with E-state index >= 15 is 0 Å². The first kappa shape index (κ1) is 12.4. The monoisotopic (exact) mass is 222 g/mol. The van der Waals surface area contributed by atoms with Gasteiger partial charge in [0.1, 0.15) is 11.9 Å². The van der Waals surface area contributed by atoms with Crippen LogP contribution in [0.4, 0.5) is 0 Å². The predicted octanol–water partition coefficient (Wildman–Crippen LogP) is 0.848. The molecule has 0 bridgehead atoms. The zero-order chi connectivity index (χ0) is 12.1. The Hall–Kier alpha value is -1.65. The van der Waals surface area contributed by atoms with Gasteiger partial charge < -0.3 is 15.3 Å². The summed E-state index contributed by atoms with van der Waals surface area (Å²) in [5, 5.41) is 27.5. The Balaban J connectivity index is 2.97. The highest BCUT2D eigenvalue weighted by atomic mass is 16.3. The molecule has 86 valence electrons. The lowest BCUT2D eigenvalue weighted by molar-refractivity contribution is -0.121. The molecule has 1 atom stereocenters. The fourth-order valence-electron chi connectivity index (χ4n) is 1.23. The van der Waals surface area contributed by atoms with Crippen LogP contribution >= 0.6 is 0 Å². The first-order valence-electron chi connectivity index (χ1n) is 4.88. The molecule has 16 heavy (non-hydrogen) atoms. The molecule has 0 spiro atoms. The number of aliphatic hydroxyl groups is 2. The number of hydrogen-bond acceptors (Lipinski definition) is 4. The van der Waals surface area contributed by atoms with E-state index in [1.807, 2.05) is 0 Å². The van der Waals surface area contributed by atoms with Crippen molar-refractivity contribution in [3.05, 3.63) is 35.4 Å². The summed E-state index contributed by atoms with van der Waals surface area (Å²) in [5.74, 6) is -0.443. The molecule has 1 rings (SSSR count). The summed E-state index contributed by atoms with van der Waals surface area (Å²) in [7, 11) is 0. The Labute approximate surface area is 93.5 Å². The van der Waals surface area contributed by atoms with Gasteiger partial charge in [0.25, 0.3) is 0 Å². The fraction of sp³-hybridized carbons (Fsp3) is 0.250. The molecule has 0 amide bonds. The minimum atomic E-state index is -1.05. The van der Waals surface area contributed by atoms with E-state index in [0.29, 0.717) is 11.1 Å². The average Bonchev–Trinajstić information content (AvgIpc) is 2.25. The SMILES string of the molecule is C[C@@H](O)C(=O)C=Cc1cccc(O)c1CO. The van der Waals surface area contributed by atoms with Crippen LogP contribution in [0.15, 0.2) is 24.3 Å². The van der Waals surface area contributed by atoms with Crippen molar-refractivity contribution in [1.29, 1.82) is 0 Å². The van der Waals surface area contributed by atoms with Crippen molar-refractivity contribution in [3.63, 3.8) is 0 Å². The largest absolute Gasteiger partial charge is 0.508 e. The number of carbonyl (C=O) groups is 1. The number of aromatic hydroxyl groups is 1. The molecule has 0 aliphatic rings. The summed E-state index contributed by atoms with van der Waals surface area (Å²) >= 11 is 0. The normalized spacial score (nSPS) is 12.9. The Morgan fingerprint density at radius 3 is 2.75 bits per heavy atom. The van der Waals surface area contributed by atoms with Gasteiger partial charge in [-0.05, 0) is 24.6 Å². The molecule has 0 radical (unpaired) electrons. The van der Waals surface area contributed by atoms with E-state index < -0.39 is 11.9 Å². The molecule has 0 saturated heterocycles. The predicted molar refractivity (Wildman–Crippen MR) is 59.8 cm³/mol. The summed E-state index contributed by atoms with van der Waals surface area (Å²) in [6, 6.07) is 4.73. The first-order valence-corrected chi connectivity index (χ1v) is 4.88. The molecule has 0 saturated carbocycles. The molecule has 0 aliphatic heterocycles. The van der Waals surface area contributed by atoms with Crippen LogP contribution in [0.5, 0.6) is 5.75 Å². The van der Waals surface area contributed by atoms with Crippen molar-refractivity contribution in [3.8, 4) is 5.75 Å². The van der Waals surface area contributed by atoms with Gasteiger partial charge in [-0.3, -0.25) is 4.79 Å². The second kappa shape index (κ2) is 5.44. The summed E-state index contributed by atoms with van der Waals surface area (Å²) < 4.78 is 0. The minimum absolute atomic E-state index is 0.0193. The number of carbonyl (C=O) groups excluding carboxylic acids is 1. The second-order valence-electron chi connectivity index (χ2n) is 3.41. The molecule has 0 fully saturated rings. The third-order valence-corrected chi connectivity index (χ3v) is 2.18. The lowest BCUT2D eigenvalue weighted by atomic mass is 10.1. The van der Waals surface area contributed by atoms with Crippen molar-refractivity contribution < 1.29 is 20.1 Å². The highest BCUT2D eigenvalue weighted by molar-refractivity contribution is 5.96. The summed E-state index contributed by atoms with van der Waals surface area (Å²) in [5.41, 5.74) is 0.911. The van der Waals surface area contributed by atoms with Crippen molar-refractivity contribution in [2.75, 3.05) is 0 Å². The van der Waals surface area contributed by atoms with Crippen LogP contribution < -0.4 is 0 Å². The molecule has 0 heterocycles. The zero-order valence-corrected chi connectivity index (χ0v) is 8.92. The van der Waals surface area contributed by atoms with Crippen molar-refractivity contribution in [2.45, 2.75) is 19.6 Å². The van der Waals surface area contributed by atoms with Gasteiger partial charge in [-0.1, -0.05) is 18.2 Å². The Kier molecular flexibility index (Phi) is 4.22. The lowest BCUT2D eigenvalue weighted by Crippen LogP contribution is -2.12. The van der Waals surface area contributed by atoms with Crippen LogP contribution in [-0.2, 0) is 11.4 Å². The topological polar surface area (TPSA) is 77.8 Å². The smallest absolute Gasteiger partial charge is 0.183 e. The third kappa shape index (κ3) is 2.92. The minimum Gasteiger partial charge on any atom is -0.508 e. The number of ketones is 1. The molecule has 4 heteroatoms. The van der Waals surface area contributed by atoms with Gasteiger partial charge in [0.2, 0.25) is 0 Å². The first-order chi connectivity index (χ1) is 7.56. The van der Waals surface area contributed by atoms with Crippen LogP contribution in [0.25, 0.3) is 6.08 Å². The Morgan fingerprint density at radius 1 is 1.50 bits per heavy atom. The molecule has 0 aromatic heterocycles. The van der Waals surface area contributed by atoms with Crippen molar-refractivity contribution in [1.82, 2.24) is 0 Å². The number of rotatable bonds is 4. The van der Waals surface area contributed by atoms with Crippen LogP contribution in [-0.4, -0.2) is 27.2 Å². The van der Waals surface area contributed by atoms with Gasteiger partial charge in [-0.2, -0.15) is 0 Å². The van der Waals surface area contributed by atoms with E-state index in [1.54, 1.807) is 12.1 Å². The molecule has 0 unspecified atom stereocenters.